The van der Waals surface area contributed by atoms with E-state index in [4.69, 9.17) is 5.11 Å². The maximum atomic E-state index is 8.97. The number of quaternary nitrogens is 1. The van der Waals surface area contributed by atoms with Gasteiger partial charge < -0.3 is 27.3 Å². The molecule has 0 aliphatic carbocycles. The summed E-state index contributed by atoms with van der Waals surface area (Å²) in [5, 5.41) is 12.6. The van der Waals surface area contributed by atoms with Crippen LogP contribution in [-0.2, 0) is 0 Å². The van der Waals surface area contributed by atoms with Crippen molar-refractivity contribution in [2.45, 2.75) is 148 Å². The van der Waals surface area contributed by atoms with E-state index in [-0.39, 0.29) is 12.4 Å². The highest BCUT2D eigenvalue weighted by Gasteiger charge is 2.13. The molecule has 208 valence electrons. The van der Waals surface area contributed by atoms with Crippen molar-refractivity contribution >= 4 is 0 Å². The van der Waals surface area contributed by atoms with Crippen LogP contribution in [-0.4, -0.2) is 56.5 Å². The molecule has 0 aliphatic heterocycles. The van der Waals surface area contributed by atoms with Crippen molar-refractivity contribution in [2.24, 2.45) is 0 Å². The zero-order chi connectivity index (χ0) is 24.3. The molecule has 0 unspecified atom stereocenters. The molecule has 0 radical (unpaired) electrons. The number of halogens is 1. The molecule has 0 saturated heterocycles. The predicted molar refractivity (Wildman–Crippen MR) is 149 cm³/mol. The van der Waals surface area contributed by atoms with Gasteiger partial charge in [0, 0.05) is 26.0 Å². The van der Waals surface area contributed by atoms with Crippen LogP contribution in [0.3, 0.4) is 0 Å². The van der Waals surface area contributed by atoms with E-state index < -0.39 is 0 Å². The molecule has 0 rings (SSSR count). The molecule has 0 fully saturated rings. The molecule has 0 aromatic heterocycles. The first-order chi connectivity index (χ1) is 16.1. The summed E-state index contributed by atoms with van der Waals surface area (Å²) in [6, 6.07) is 0. The number of hydrogen-bond donors (Lipinski definition) is 2. The Morgan fingerprint density at radius 1 is 0.471 bits per heavy atom. The maximum Gasteiger partial charge on any atom is 0.0804 e. The summed E-state index contributed by atoms with van der Waals surface area (Å²) >= 11 is 0. The second kappa shape index (κ2) is 29.4. The fraction of sp³-hybridized carbons (Fsp3) is 1.00. The Morgan fingerprint density at radius 2 is 0.794 bits per heavy atom. The standard InChI is InChI=1S/C30H65N2O.ClH/c1-4-5-6-7-8-9-10-11-12-13-14-15-16-17-18-19-20-21-22-23-26-31-27-24-28-32(2,3)29-25-30-33;/h31,33H,4-30H2,1-3H3;1H/q+1;/p-1. The van der Waals surface area contributed by atoms with Crippen LogP contribution in [0.15, 0.2) is 0 Å². The summed E-state index contributed by atoms with van der Waals surface area (Å²) in [7, 11) is 4.54. The first-order valence-corrected chi connectivity index (χ1v) is 15.3. The van der Waals surface area contributed by atoms with Crippen LogP contribution in [0.25, 0.3) is 0 Å². The van der Waals surface area contributed by atoms with Gasteiger partial charge >= 0.3 is 0 Å². The number of unbranched alkanes of at least 4 members (excludes halogenated alkanes) is 19. The molecule has 0 spiro atoms. The highest BCUT2D eigenvalue weighted by atomic mass is 35.5. The molecule has 2 N–H and O–H groups in total. The van der Waals surface area contributed by atoms with Gasteiger partial charge in [0.1, 0.15) is 0 Å². The third-order valence-corrected chi connectivity index (χ3v) is 7.25. The van der Waals surface area contributed by atoms with E-state index in [0.29, 0.717) is 6.61 Å². The van der Waals surface area contributed by atoms with Crippen molar-refractivity contribution in [3.8, 4) is 0 Å². The van der Waals surface area contributed by atoms with Gasteiger partial charge in [0.05, 0.1) is 27.2 Å². The molecule has 0 atom stereocenters. The quantitative estimate of drug-likeness (QED) is 0.113. The maximum absolute atomic E-state index is 8.97. The molecule has 34 heavy (non-hydrogen) atoms. The van der Waals surface area contributed by atoms with E-state index in [1.165, 1.54) is 148 Å². The zero-order valence-electron chi connectivity index (χ0n) is 23.9. The topological polar surface area (TPSA) is 32.3 Å². The van der Waals surface area contributed by atoms with Crippen molar-refractivity contribution in [1.29, 1.82) is 0 Å². The Balaban J connectivity index is 0. The average Bonchev–Trinajstić information content (AvgIpc) is 2.80. The van der Waals surface area contributed by atoms with Crippen LogP contribution in [0.1, 0.15) is 148 Å². The Morgan fingerprint density at radius 3 is 1.18 bits per heavy atom. The van der Waals surface area contributed by atoms with E-state index in [0.717, 1.165) is 24.0 Å². The predicted octanol–water partition coefficient (Wildman–Crippen LogP) is 5.25. The van der Waals surface area contributed by atoms with E-state index in [1.807, 2.05) is 0 Å². The first kappa shape index (κ1) is 36.3. The number of aliphatic hydroxyl groups is 1. The number of nitrogens with one attached hydrogen (secondary N) is 1. The second-order valence-corrected chi connectivity index (χ2v) is 11.3. The Kier molecular flexibility index (Phi) is 31.4. The summed E-state index contributed by atoms with van der Waals surface area (Å²) in [5.41, 5.74) is 0. The van der Waals surface area contributed by atoms with Crippen LogP contribution in [0, 0.1) is 0 Å². The van der Waals surface area contributed by atoms with Gasteiger partial charge in [-0.2, -0.15) is 0 Å². The zero-order valence-corrected chi connectivity index (χ0v) is 24.6. The van der Waals surface area contributed by atoms with Gasteiger partial charge in [-0.3, -0.25) is 0 Å². The van der Waals surface area contributed by atoms with Crippen molar-refractivity contribution in [2.75, 3.05) is 46.9 Å². The SMILES string of the molecule is CCCCCCCCCCCCCCCCCCCCCCNCCC[N+](C)(C)CCCO.[Cl-]. The monoisotopic (exact) mass is 504 g/mol. The molecule has 0 aliphatic rings. The Labute approximate surface area is 222 Å². The van der Waals surface area contributed by atoms with E-state index in [1.54, 1.807) is 0 Å². The third kappa shape index (κ3) is 30.2. The summed E-state index contributed by atoms with van der Waals surface area (Å²) in [4.78, 5) is 0. The number of nitrogens with zero attached hydrogens (tertiary/aromatic N) is 1. The molecule has 0 saturated carbocycles. The fourth-order valence-corrected chi connectivity index (χ4v) is 4.87. The summed E-state index contributed by atoms with van der Waals surface area (Å²) < 4.78 is 1.03. The van der Waals surface area contributed by atoms with Gasteiger partial charge in [-0.15, -0.1) is 0 Å². The molecule has 4 heteroatoms. The lowest BCUT2D eigenvalue weighted by Gasteiger charge is -2.29. The van der Waals surface area contributed by atoms with Crippen LogP contribution in [0.4, 0.5) is 0 Å². The van der Waals surface area contributed by atoms with E-state index >= 15 is 0 Å². The lowest BCUT2D eigenvalue weighted by molar-refractivity contribution is -0.890. The summed E-state index contributed by atoms with van der Waals surface area (Å²) in [6.45, 7) is 7.22. The lowest BCUT2D eigenvalue weighted by atomic mass is 10.0. The molecule has 0 amide bonds. The van der Waals surface area contributed by atoms with Gasteiger partial charge in [0.25, 0.3) is 0 Å². The number of hydrogen-bond acceptors (Lipinski definition) is 2. The minimum Gasteiger partial charge on any atom is -1.00 e. The molecule has 0 bridgehead atoms. The van der Waals surface area contributed by atoms with Crippen LogP contribution < -0.4 is 17.7 Å². The molecule has 0 aromatic rings. The van der Waals surface area contributed by atoms with Gasteiger partial charge in [0.15, 0.2) is 0 Å². The minimum absolute atomic E-state index is 0. The van der Waals surface area contributed by atoms with Crippen molar-refractivity contribution in [3.05, 3.63) is 0 Å². The normalized spacial score (nSPS) is 11.6. The molecular formula is C30H65ClN2O. The lowest BCUT2D eigenvalue weighted by Crippen LogP contribution is -3.00. The summed E-state index contributed by atoms with van der Waals surface area (Å²) in [5.74, 6) is 0. The van der Waals surface area contributed by atoms with Crippen LogP contribution in [0.2, 0.25) is 0 Å². The summed E-state index contributed by atoms with van der Waals surface area (Å²) in [6.07, 6.45) is 31.1. The Hall–Kier alpha value is 0.170. The fourth-order valence-electron chi connectivity index (χ4n) is 4.87. The van der Waals surface area contributed by atoms with Crippen molar-refractivity contribution in [3.63, 3.8) is 0 Å². The highest BCUT2D eigenvalue weighted by molar-refractivity contribution is 4.53. The largest absolute Gasteiger partial charge is 1.00 e. The van der Waals surface area contributed by atoms with Gasteiger partial charge in [-0.1, -0.05) is 129 Å². The highest BCUT2D eigenvalue weighted by Crippen LogP contribution is 2.14. The van der Waals surface area contributed by atoms with Gasteiger partial charge in [-0.25, -0.2) is 0 Å². The van der Waals surface area contributed by atoms with Gasteiger partial charge in [-0.05, 0) is 13.0 Å². The Bertz CT molecular complexity index is 366. The number of rotatable bonds is 28. The minimum atomic E-state index is 0. The van der Waals surface area contributed by atoms with Crippen molar-refractivity contribution < 1.29 is 22.0 Å². The third-order valence-electron chi connectivity index (χ3n) is 7.25. The van der Waals surface area contributed by atoms with Crippen LogP contribution in [0.5, 0.6) is 0 Å². The molecular weight excluding hydrogens is 440 g/mol. The molecule has 0 aromatic carbocycles. The van der Waals surface area contributed by atoms with E-state index in [2.05, 4.69) is 26.3 Å². The van der Waals surface area contributed by atoms with Crippen molar-refractivity contribution in [1.82, 2.24) is 5.32 Å². The second-order valence-electron chi connectivity index (χ2n) is 11.3. The average molecular weight is 505 g/mol. The van der Waals surface area contributed by atoms with Gasteiger partial charge in [0.2, 0.25) is 0 Å². The smallest absolute Gasteiger partial charge is 0.0804 e. The van der Waals surface area contributed by atoms with E-state index in [9.17, 15) is 0 Å². The first-order valence-electron chi connectivity index (χ1n) is 15.3. The number of aliphatic hydroxyl groups excluding tert-OH is 1. The van der Waals surface area contributed by atoms with Crippen LogP contribution >= 0.6 is 0 Å². The molecule has 0 heterocycles. The molecule has 3 nitrogen and oxygen atoms in total.